The Kier molecular flexibility index (Phi) is 6.54. The lowest BCUT2D eigenvalue weighted by molar-refractivity contribution is 0.202. The van der Waals surface area contributed by atoms with Crippen LogP contribution in [0.3, 0.4) is 0 Å². The molecule has 5 aromatic rings. The van der Waals surface area contributed by atoms with Crippen molar-refractivity contribution in [3.05, 3.63) is 125 Å². The van der Waals surface area contributed by atoms with Gasteiger partial charge in [0, 0.05) is 29.6 Å². The lowest BCUT2D eigenvalue weighted by Crippen LogP contribution is -2.38. The number of piperidine rings is 1. The number of aromatic nitrogens is 2. The lowest BCUT2D eigenvalue weighted by atomic mass is 9.96. The molecule has 4 aromatic carbocycles. The minimum Gasteiger partial charge on any atom is -0.497 e. The highest BCUT2D eigenvalue weighted by Gasteiger charge is 2.24. The molecule has 0 saturated carbocycles. The Morgan fingerprint density at radius 3 is 2.42 bits per heavy atom. The highest BCUT2D eigenvalue weighted by molar-refractivity contribution is 5.74. The smallest absolute Gasteiger partial charge is 0.151 e. The maximum absolute atomic E-state index is 5.48. The Hall–Kier alpha value is -4.42. The maximum atomic E-state index is 5.48. The Bertz CT molecular complexity index is 1700. The number of ether oxygens (including phenoxy) is 1. The van der Waals surface area contributed by atoms with Gasteiger partial charge in [0.05, 0.1) is 23.5 Å². The summed E-state index contributed by atoms with van der Waals surface area (Å²) in [6, 6.07) is 33.8. The van der Waals surface area contributed by atoms with Gasteiger partial charge in [0.2, 0.25) is 0 Å². The third-order valence-corrected chi connectivity index (χ3v) is 8.16. The summed E-state index contributed by atoms with van der Waals surface area (Å²) in [5.41, 5.74) is 5.82. The normalized spacial score (nSPS) is 17.7. The number of methoxy groups -OCH3 is 1. The molecule has 1 N–H and O–H groups in total. The number of hydrogen-bond acceptors (Lipinski definition) is 5. The lowest BCUT2D eigenvalue weighted by Gasteiger charge is -2.32. The van der Waals surface area contributed by atoms with Crippen molar-refractivity contribution in [1.29, 1.82) is 0 Å². The van der Waals surface area contributed by atoms with Crippen molar-refractivity contribution in [1.82, 2.24) is 14.9 Å². The number of para-hydroxylation sites is 2. The van der Waals surface area contributed by atoms with Crippen LogP contribution in [0.5, 0.6) is 5.75 Å². The van der Waals surface area contributed by atoms with Gasteiger partial charge in [0.25, 0.3) is 0 Å². The van der Waals surface area contributed by atoms with Gasteiger partial charge in [-0.3, -0.25) is 9.89 Å². The van der Waals surface area contributed by atoms with E-state index in [2.05, 4.69) is 99.8 Å². The van der Waals surface area contributed by atoms with Crippen molar-refractivity contribution in [3.63, 3.8) is 0 Å². The van der Waals surface area contributed by atoms with Crippen molar-refractivity contribution < 1.29 is 4.74 Å². The van der Waals surface area contributed by atoms with E-state index in [4.69, 9.17) is 14.7 Å². The van der Waals surface area contributed by atoms with Gasteiger partial charge in [0.1, 0.15) is 11.6 Å². The number of imidazole rings is 1. The Morgan fingerprint density at radius 2 is 1.65 bits per heavy atom. The maximum Gasteiger partial charge on any atom is 0.151 e. The molecule has 1 saturated heterocycles. The molecule has 0 aliphatic carbocycles. The van der Waals surface area contributed by atoms with E-state index in [1.54, 1.807) is 7.11 Å². The van der Waals surface area contributed by atoms with E-state index >= 15 is 0 Å². The topological polar surface area (TPSA) is 56.8 Å². The van der Waals surface area contributed by atoms with E-state index in [0.717, 1.165) is 76.9 Å². The summed E-state index contributed by atoms with van der Waals surface area (Å²) in [6.07, 6.45) is 4.33. The fraction of sp³-hybridized carbons (Fsp3) is 0.235. The number of H-pyrrole nitrogens is 1. The quantitative estimate of drug-likeness (QED) is 0.316. The fourth-order valence-corrected chi connectivity index (χ4v) is 5.93. The largest absolute Gasteiger partial charge is 0.497 e. The SMILES string of the molecule is COc1ccc2c(c1)=CN(c1ccc(CN3CCC(c4nc5ccccc5[nH]4)CC3)cc1)C(c1ccccc1)N=2. The van der Waals surface area contributed by atoms with Crippen molar-refractivity contribution >= 4 is 22.9 Å². The molecule has 1 aromatic heterocycles. The van der Waals surface area contributed by atoms with Gasteiger partial charge in [-0.25, -0.2) is 4.98 Å². The van der Waals surface area contributed by atoms with E-state index in [-0.39, 0.29) is 6.17 Å². The number of aromatic amines is 1. The third-order valence-electron chi connectivity index (χ3n) is 8.16. The van der Waals surface area contributed by atoms with E-state index in [0.29, 0.717) is 5.92 Å². The van der Waals surface area contributed by atoms with Crippen molar-refractivity contribution in [2.24, 2.45) is 4.99 Å². The van der Waals surface area contributed by atoms with Crippen molar-refractivity contribution in [2.45, 2.75) is 31.5 Å². The number of rotatable bonds is 6. The summed E-state index contributed by atoms with van der Waals surface area (Å²) in [4.78, 5) is 18.4. The first-order valence-corrected chi connectivity index (χ1v) is 14.1. The van der Waals surface area contributed by atoms with Gasteiger partial charge < -0.3 is 14.6 Å². The first kappa shape index (κ1) is 24.6. The average molecular weight is 528 g/mol. The molecule has 1 unspecified atom stereocenters. The molecule has 1 fully saturated rings. The fourth-order valence-electron chi connectivity index (χ4n) is 5.93. The third kappa shape index (κ3) is 4.87. The highest BCUT2D eigenvalue weighted by Crippen LogP contribution is 2.31. The minimum atomic E-state index is -0.120. The average Bonchev–Trinajstić information content (AvgIpc) is 3.46. The second kappa shape index (κ2) is 10.6. The second-order valence-corrected chi connectivity index (χ2v) is 10.7. The van der Waals surface area contributed by atoms with Crippen LogP contribution in [0, 0.1) is 0 Å². The summed E-state index contributed by atoms with van der Waals surface area (Å²) in [5.74, 6) is 2.48. The Labute approximate surface area is 234 Å². The molecule has 1 atom stereocenters. The van der Waals surface area contributed by atoms with E-state index in [9.17, 15) is 0 Å². The summed E-state index contributed by atoms with van der Waals surface area (Å²) < 4.78 is 5.48. The number of nitrogens with zero attached hydrogens (tertiary/aromatic N) is 4. The number of anilines is 1. The van der Waals surface area contributed by atoms with Crippen LogP contribution in [0.2, 0.25) is 0 Å². The van der Waals surface area contributed by atoms with Crippen LogP contribution in [-0.2, 0) is 6.54 Å². The van der Waals surface area contributed by atoms with Crippen LogP contribution in [0.1, 0.15) is 41.9 Å². The molecule has 6 nitrogen and oxygen atoms in total. The molecule has 0 radical (unpaired) electrons. The van der Waals surface area contributed by atoms with Gasteiger partial charge in [0.15, 0.2) is 6.17 Å². The van der Waals surface area contributed by atoms with Gasteiger partial charge in [-0.15, -0.1) is 0 Å². The zero-order valence-corrected chi connectivity index (χ0v) is 22.7. The predicted octanol–water partition coefficient (Wildman–Crippen LogP) is 5.53. The number of likely N-dealkylation sites (tertiary alicyclic amines) is 1. The first-order valence-electron chi connectivity index (χ1n) is 14.1. The summed E-state index contributed by atoms with van der Waals surface area (Å²) in [6.45, 7) is 3.12. The zero-order valence-electron chi connectivity index (χ0n) is 22.7. The molecular formula is C34H33N5O. The van der Waals surface area contributed by atoms with Crippen LogP contribution < -0.4 is 20.2 Å². The van der Waals surface area contributed by atoms with Crippen LogP contribution >= 0.6 is 0 Å². The molecule has 0 amide bonds. The molecule has 3 heterocycles. The molecule has 200 valence electrons. The zero-order chi connectivity index (χ0) is 26.9. The molecule has 2 aliphatic rings. The summed E-state index contributed by atoms with van der Waals surface area (Å²) in [7, 11) is 1.70. The Morgan fingerprint density at radius 1 is 0.875 bits per heavy atom. The first-order chi connectivity index (χ1) is 19.7. The number of nitrogens with one attached hydrogen (secondary N) is 1. The predicted molar refractivity (Wildman–Crippen MR) is 160 cm³/mol. The van der Waals surface area contributed by atoms with Gasteiger partial charge in [-0.2, -0.15) is 0 Å². The standard InChI is InChI=1S/C34H33N5O/c1-40-29-15-16-30-27(21-29)23-39(34(37-30)26-7-3-2-4-8-26)28-13-11-24(12-14-28)22-38-19-17-25(18-20-38)33-35-31-9-5-6-10-32(31)36-33/h2-16,21,23,25,34H,17-20,22H2,1H3,(H,35,36). The summed E-state index contributed by atoms with van der Waals surface area (Å²) >= 11 is 0. The number of hydrogen-bond donors (Lipinski definition) is 1. The molecule has 7 rings (SSSR count). The molecular weight excluding hydrogens is 494 g/mol. The molecule has 0 bridgehead atoms. The summed E-state index contributed by atoms with van der Waals surface area (Å²) in [5, 5.41) is 2.04. The van der Waals surface area contributed by atoms with Gasteiger partial charge >= 0.3 is 0 Å². The van der Waals surface area contributed by atoms with E-state index in [1.807, 2.05) is 18.2 Å². The highest BCUT2D eigenvalue weighted by atomic mass is 16.5. The van der Waals surface area contributed by atoms with Gasteiger partial charge in [-0.05, 0) is 79.5 Å². The number of fused-ring (bicyclic) bond motifs is 2. The van der Waals surface area contributed by atoms with E-state index < -0.39 is 0 Å². The molecule has 0 spiro atoms. The van der Waals surface area contributed by atoms with Crippen LogP contribution in [0.15, 0.2) is 102 Å². The Balaban J connectivity index is 1.07. The van der Waals surface area contributed by atoms with E-state index in [1.165, 1.54) is 5.56 Å². The second-order valence-electron chi connectivity index (χ2n) is 10.7. The van der Waals surface area contributed by atoms with Crippen molar-refractivity contribution in [3.8, 4) is 5.75 Å². The molecule has 2 aliphatic heterocycles. The van der Waals surface area contributed by atoms with Gasteiger partial charge in [-0.1, -0.05) is 54.6 Å². The van der Waals surface area contributed by atoms with Crippen LogP contribution in [-0.4, -0.2) is 35.1 Å². The number of benzene rings is 4. The molecule has 6 heteroatoms. The van der Waals surface area contributed by atoms with Crippen LogP contribution in [0.4, 0.5) is 5.69 Å². The monoisotopic (exact) mass is 527 g/mol. The minimum absolute atomic E-state index is 0.120. The van der Waals surface area contributed by atoms with Crippen molar-refractivity contribution in [2.75, 3.05) is 25.1 Å². The van der Waals surface area contributed by atoms with Crippen LogP contribution in [0.25, 0.3) is 17.2 Å². The molecule has 40 heavy (non-hydrogen) atoms.